The summed E-state index contributed by atoms with van der Waals surface area (Å²) in [6.07, 6.45) is 11.8. The number of hydrogen-bond acceptors (Lipinski definition) is 7. The SMILES string of the molecule is C=CC1=Nc2ncccc2-c2nc(NCc3cnc(C)cn3)ncc2/C1=C/CC. The van der Waals surface area contributed by atoms with E-state index in [1.807, 2.05) is 25.3 Å². The molecule has 1 aliphatic heterocycles. The number of aromatic nitrogens is 5. The van der Waals surface area contributed by atoms with E-state index in [1.165, 1.54) is 0 Å². The van der Waals surface area contributed by atoms with E-state index in [2.05, 4.69) is 44.8 Å². The Kier molecular flexibility index (Phi) is 5.20. The highest BCUT2D eigenvalue weighted by Crippen LogP contribution is 2.37. The molecule has 0 spiro atoms. The molecule has 0 atom stereocenters. The third-order valence-electron chi connectivity index (χ3n) is 4.49. The van der Waals surface area contributed by atoms with Crippen molar-refractivity contribution < 1.29 is 0 Å². The number of nitrogens with one attached hydrogen (secondary N) is 1. The topological polar surface area (TPSA) is 88.8 Å². The Labute approximate surface area is 169 Å². The first-order chi connectivity index (χ1) is 14.2. The fourth-order valence-corrected chi connectivity index (χ4v) is 3.11. The molecule has 0 radical (unpaired) electrons. The van der Waals surface area contributed by atoms with Crippen LogP contribution in [0.15, 0.2) is 60.6 Å². The van der Waals surface area contributed by atoms with Gasteiger partial charge < -0.3 is 5.32 Å². The second-order valence-corrected chi connectivity index (χ2v) is 6.56. The lowest BCUT2D eigenvalue weighted by molar-refractivity contribution is 0.962. The fraction of sp³-hybridized carbons (Fsp3) is 0.182. The lowest BCUT2D eigenvalue weighted by Crippen LogP contribution is -2.08. The van der Waals surface area contributed by atoms with Gasteiger partial charge in [-0.05, 0) is 31.6 Å². The summed E-state index contributed by atoms with van der Waals surface area (Å²) in [6, 6.07) is 3.86. The van der Waals surface area contributed by atoms with Crippen molar-refractivity contribution >= 4 is 23.1 Å². The zero-order valence-corrected chi connectivity index (χ0v) is 16.4. The molecular weight excluding hydrogens is 362 g/mol. The molecule has 0 amide bonds. The molecule has 7 heteroatoms. The summed E-state index contributed by atoms with van der Waals surface area (Å²) >= 11 is 0. The number of nitrogens with zero attached hydrogens (tertiary/aromatic N) is 6. The normalized spacial score (nSPS) is 13.9. The van der Waals surface area contributed by atoms with Crippen molar-refractivity contribution in [1.29, 1.82) is 0 Å². The van der Waals surface area contributed by atoms with Crippen molar-refractivity contribution in [1.82, 2.24) is 24.9 Å². The number of aliphatic imine (C=N–C) groups is 1. The minimum absolute atomic E-state index is 0.484. The van der Waals surface area contributed by atoms with Crippen LogP contribution in [-0.4, -0.2) is 30.6 Å². The number of aryl methyl sites for hydroxylation is 1. The molecule has 0 unspecified atom stereocenters. The highest BCUT2D eigenvalue weighted by atomic mass is 15.1. The molecule has 3 aromatic heterocycles. The molecule has 0 saturated heterocycles. The highest BCUT2D eigenvalue weighted by Gasteiger charge is 2.22. The Morgan fingerprint density at radius 1 is 1.07 bits per heavy atom. The number of anilines is 1. The lowest BCUT2D eigenvalue weighted by Gasteiger charge is -2.12. The minimum Gasteiger partial charge on any atom is -0.348 e. The first-order valence-corrected chi connectivity index (χ1v) is 9.45. The second-order valence-electron chi connectivity index (χ2n) is 6.56. The average molecular weight is 383 g/mol. The van der Waals surface area contributed by atoms with E-state index < -0.39 is 0 Å². The summed E-state index contributed by atoms with van der Waals surface area (Å²) in [6.45, 7) is 8.41. The molecule has 144 valence electrons. The Bertz CT molecular complexity index is 1110. The van der Waals surface area contributed by atoms with Crippen LogP contribution >= 0.6 is 0 Å². The van der Waals surface area contributed by atoms with Crippen LogP contribution < -0.4 is 5.32 Å². The minimum atomic E-state index is 0.484. The van der Waals surface area contributed by atoms with Gasteiger partial charge in [0.2, 0.25) is 5.95 Å². The third-order valence-corrected chi connectivity index (χ3v) is 4.49. The molecule has 0 bridgehead atoms. The predicted octanol–water partition coefficient (Wildman–Crippen LogP) is 4.31. The van der Waals surface area contributed by atoms with E-state index in [0.717, 1.165) is 45.9 Å². The van der Waals surface area contributed by atoms with Crippen molar-refractivity contribution in [2.45, 2.75) is 26.8 Å². The molecule has 4 heterocycles. The van der Waals surface area contributed by atoms with Gasteiger partial charge in [-0.1, -0.05) is 19.6 Å². The van der Waals surface area contributed by atoms with Gasteiger partial charge in [-0.15, -0.1) is 0 Å². The van der Waals surface area contributed by atoms with Gasteiger partial charge in [-0.3, -0.25) is 9.97 Å². The van der Waals surface area contributed by atoms with Crippen LogP contribution in [0.25, 0.3) is 16.8 Å². The monoisotopic (exact) mass is 383 g/mol. The van der Waals surface area contributed by atoms with Gasteiger partial charge in [0.05, 0.1) is 35.5 Å². The van der Waals surface area contributed by atoms with Gasteiger partial charge in [-0.2, -0.15) is 0 Å². The molecule has 7 nitrogen and oxygen atoms in total. The van der Waals surface area contributed by atoms with Gasteiger partial charge in [0, 0.05) is 35.3 Å². The van der Waals surface area contributed by atoms with Crippen LogP contribution in [0.3, 0.4) is 0 Å². The summed E-state index contributed by atoms with van der Waals surface area (Å²) in [7, 11) is 0. The second kappa shape index (κ2) is 8.10. The van der Waals surface area contributed by atoms with Crippen LogP contribution in [0.4, 0.5) is 11.8 Å². The largest absolute Gasteiger partial charge is 0.348 e. The van der Waals surface area contributed by atoms with Crippen molar-refractivity contribution in [2.75, 3.05) is 5.32 Å². The number of pyridine rings is 1. The quantitative estimate of drug-likeness (QED) is 0.706. The number of allylic oxidation sites excluding steroid dienone is 3. The summed E-state index contributed by atoms with van der Waals surface area (Å²) in [5, 5.41) is 3.23. The van der Waals surface area contributed by atoms with Crippen molar-refractivity contribution in [3.05, 3.63) is 72.6 Å². The van der Waals surface area contributed by atoms with E-state index >= 15 is 0 Å². The molecular formula is C22H21N7. The van der Waals surface area contributed by atoms with Crippen LogP contribution in [0.5, 0.6) is 0 Å². The first kappa shape index (κ1) is 18.6. The summed E-state index contributed by atoms with van der Waals surface area (Å²) in [5.74, 6) is 1.14. The molecule has 0 aromatic carbocycles. The maximum absolute atomic E-state index is 4.79. The molecule has 0 saturated carbocycles. The summed E-state index contributed by atoms with van der Waals surface area (Å²) in [5.41, 5.74) is 6.00. The number of rotatable bonds is 5. The zero-order chi connectivity index (χ0) is 20.2. The van der Waals surface area contributed by atoms with Crippen LogP contribution in [0, 0.1) is 6.92 Å². The van der Waals surface area contributed by atoms with Crippen molar-refractivity contribution in [3.63, 3.8) is 0 Å². The molecule has 0 fully saturated rings. The maximum Gasteiger partial charge on any atom is 0.223 e. The molecule has 4 rings (SSSR count). The number of fused-ring (bicyclic) bond motifs is 3. The molecule has 3 aromatic rings. The maximum atomic E-state index is 4.79. The summed E-state index contributed by atoms with van der Waals surface area (Å²) in [4.78, 5) is 27.1. The zero-order valence-electron chi connectivity index (χ0n) is 16.4. The van der Waals surface area contributed by atoms with E-state index in [1.54, 1.807) is 24.7 Å². The number of hydrogen-bond donors (Lipinski definition) is 1. The van der Waals surface area contributed by atoms with E-state index in [9.17, 15) is 0 Å². The Hall–Kier alpha value is -3.74. The van der Waals surface area contributed by atoms with Gasteiger partial charge >= 0.3 is 0 Å². The summed E-state index contributed by atoms with van der Waals surface area (Å²) < 4.78 is 0. The Balaban J connectivity index is 1.76. The van der Waals surface area contributed by atoms with Crippen LogP contribution in [0.1, 0.15) is 30.3 Å². The van der Waals surface area contributed by atoms with E-state index in [0.29, 0.717) is 18.3 Å². The molecule has 1 N–H and O–H groups in total. The highest BCUT2D eigenvalue weighted by molar-refractivity contribution is 6.31. The van der Waals surface area contributed by atoms with Crippen molar-refractivity contribution in [2.24, 2.45) is 4.99 Å². The third kappa shape index (κ3) is 3.80. The van der Waals surface area contributed by atoms with Gasteiger partial charge in [0.15, 0.2) is 5.82 Å². The van der Waals surface area contributed by atoms with E-state index in [4.69, 9.17) is 9.98 Å². The van der Waals surface area contributed by atoms with Crippen molar-refractivity contribution in [3.8, 4) is 11.3 Å². The Morgan fingerprint density at radius 2 is 1.97 bits per heavy atom. The first-order valence-electron chi connectivity index (χ1n) is 9.45. The van der Waals surface area contributed by atoms with Gasteiger partial charge in [0.1, 0.15) is 0 Å². The van der Waals surface area contributed by atoms with E-state index in [-0.39, 0.29) is 0 Å². The smallest absolute Gasteiger partial charge is 0.223 e. The Morgan fingerprint density at radius 3 is 2.72 bits per heavy atom. The average Bonchev–Trinajstić information content (AvgIpc) is 2.88. The van der Waals surface area contributed by atoms with Crippen LogP contribution in [0.2, 0.25) is 0 Å². The van der Waals surface area contributed by atoms with Crippen LogP contribution in [-0.2, 0) is 6.54 Å². The van der Waals surface area contributed by atoms with Gasteiger partial charge in [0.25, 0.3) is 0 Å². The molecule has 29 heavy (non-hydrogen) atoms. The predicted molar refractivity (Wildman–Crippen MR) is 115 cm³/mol. The molecule has 1 aliphatic rings. The standard InChI is InChI=1S/C22H21N7/c1-4-7-16-18-13-27-22(26-12-15-11-24-14(3)10-25-15)29-20(18)17-8-6-9-23-21(17)28-19(16)5-2/h5-11,13H,2,4,12H2,1,3H3,(H,26,27,29)/b16-7-. The fourth-order valence-electron chi connectivity index (χ4n) is 3.11. The van der Waals surface area contributed by atoms with Gasteiger partial charge in [-0.25, -0.2) is 19.9 Å². The molecule has 0 aliphatic carbocycles. The lowest BCUT2D eigenvalue weighted by atomic mass is 9.98.